The second-order valence-electron chi connectivity index (χ2n) is 22.1. The number of amides is 1. The van der Waals surface area contributed by atoms with Gasteiger partial charge in [0.25, 0.3) is 0 Å². The van der Waals surface area contributed by atoms with Gasteiger partial charge in [0, 0.05) is 6.42 Å². The van der Waals surface area contributed by atoms with Crippen LogP contribution in [0.15, 0.2) is 24.3 Å². The zero-order valence-corrected chi connectivity index (χ0v) is 47.7. The van der Waals surface area contributed by atoms with Crippen molar-refractivity contribution < 1.29 is 32.9 Å². The summed E-state index contributed by atoms with van der Waals surface area (Å²) in [6.07, 6.45) is 66.1. The van der Waals surface area contributed by atoms with Crippen LogP contribution in [0.3, 0.4) is 0 Å². The number of phosphoric ester groups is 1. The van der Waals surface area contributed by atoms with Crippen molar-refractivity contribution in [3.63, 3.8) is 0 Å². The monoisotopic (exact) mass is 996 g/mol. The summed E-state index contributed by atoms with van der Waals surface area (Å²) in [6, 6.07) is -0.841. The number of nitrogens with one attached hydrogen (secondary N) is 1. The first-order valence-electron chi connectivity index (χ1n) is 30.2. The van der Waals surface area contributed by atoms with Crippen LogP contribution in [0.5, 0.6) is 0 Å². The van der Waals surface area contributed by atoms with E-state index in [1.165, 1.54) is 244 Å². The lowest BCUT2D eigenvalue weighted by Gasteiger charge is -2.25. The van der Waals surface area contributed by atoms with E-state index in [4.69, 9.17) is 9.05 Å². The summed E-state index contributed by atoms with van der Waals surface area (Å²) in [4.78, 5) is 23.2. The zero-order valence-electron chi connectivity index (χ0n) is 46.8. The fourth-order valence-corrected chi connectivity index (χ4v) is 9.89. The Morgan fingerprint density at radius 1 is 0.478 bits per heavy atom. The van der Waals surface area contributed by atoms with E-state index in [9.17, 15) is 19.4 Å². The van der Waals surface area contributed by atoms with E-state index in [1.807, 2.05) is 27.2 Å². The first-order valence-corrected chi connectivity index (χ1v) is 31.7. The molecular weight excluding hydrogens is 876 g/mol. The summed E-state index contributed by atoms with van der Waals surface area (Å²) in [5.74, 6) is -0.173. The van der Waals surface area contributed by atoms with Crippen LogP contribution >= 0.6 is 7.82 Å². The maximum absolute atomic E-state index is 12.9. The van der Waals surface area contributed by atoms with Gasteiger partial charge in [0.05, 0.1) is 39.9 Å². The van der Waals surface area contributed by atoms with Crippen molar-refractivity contribution in [1.82, 2.24) is 5.32 Å². The molecule has 0 aromatic heterocycles. The van der Waals surface area contributed by atoms with Crippen LogP contribution in [0.25, 0.3) is 0 Å². The summed E-state index contributed by atoms with van der Waals surface area (Å²) >= 11 is 0. The van der Waals surface area contributed by atoms with Crippen LogP contribution < -0.4 is 5.32 Å². The number of hydrogen-bond acceptors (Lipinski definition) is 5. The molecule has 0 saturated heterocycles. The number of nitrogens with zero attached hydrogens (tertiary/aromatic N) is 1. The normalized spacial score (nSPS) is 14.0. The van der Waals surface area contributed by atoms with Crippen molar-refractivity contribution >= 4 is 13.7 Å². The minimum atomic E-state index is -4.33. The molecule has 0 aromatic carbocycles. The lowest BCUT2D eigenvalue weighted by molar-refractivity contribution is -0.870. The van der Waals surface area contributed by atoms with Crippen LogP contribution in [0.2, 0.25) is 0 Å². The van der Waals surface area contributed by atoms with Crippen LogP contribution in [0, 0.1) is 0 Å². The van der Waals surface area contributed by atoms with Crippen molar-refractivity contribution in [2.45, 2.75) is 315 Å². The van der Waals surface area contributed by atoms with Crippen molar-refractivity contribution in [2.75, 3.05) is 40.9 Å². The molecule has 0 bridgehead atoms. The van der Waals surface area contributed by atoms with E-state index in [1.54, 1.807) is 6.08 Å². The molecule has 1 amide bonds. The topological polar surface area (TPSA) is 105 Å². The zero-order chi connectivity index (χ0) is 50.6. The number of allylic oxidation sites excluding steroid dienone is 3. The van der Waals surface area contributed by atoms with Gasteiger partial charge in [0.1, 0.15) is 13.2 Å². The molecule has 0 aromatic rings. The lowest BCUT2D eigenvalue weighted by atomic mass is 10.0. The molecule has 0 rings (SSSR count). The van der Waals surface area contributed by atoms with E-state index in [-0.39, 0.29) is 19.1 Å². The molecule has 0 saturated carbocycles. The number of aliphatic hydroxyl groups excluding tert-OH is 1. The van der Waals surface area contributed by atoms with E-state index >= 15 is 0 Å². The molecule has 410 valence electrons. The highest BCUT2D eigenvalue weighted by Gasteiger charge is 2.27. The average molecular weight is 997 g/mol. The fraction of sp³-hybridized carbons (Fsp3) is 0.917. The van der Waals surface area contributed by atoms with E-state index in [0.29, 0.717) is 17.4 Å². The minimum Gasteiger partial charge on any atom is -0.387 e. The molecule has 9 heteroatoms. The number of aliphatic hydroxyl groups is 1. The Bertz CT molecular complexity index is 1170. The second-order valence-corrected chi connectivity index (χ2v) is 23.5. The van der Waals surface area contributed by atoms with Gasteiger partial charge in [-0.05, 0) is 44.9 Å². The van der Waals surface area contributed by atoms with Gasteiger partial charge < -0.3 is 19.8 Å². The molecule has 8 nitrogen and oxygen atoms in total. The molecule has 0 radical (unpaired) electrons. The van der Waals surface area contributed by atoms with Crippen molar-refractivity contribution in [3.05, 3.63) is 24.3 Å². The number of carbonyl (C=O) groups excluding carboxylic acids is 1. The molecule has 0 spiro atoms. The summed E-state index contributed by atoms with van der Waals surface area (Å²) < 4.78 is 23.6. The Kier molecular flexibility index (Phi) is 51.1. The summed E-state index contributed by atoms with van der Waals surface area (Å²) in [7, 11) is 1.58. The van der Waals surface area contributed by atoms with Gasteiger partial charge in [-0.15, -0.1) is 0 Å². The van der Waals surface area contributed by atoms with Crippen molar-refractivity contribution in [1.29, 1.82) is 0 Å². The summed E-state index contributed by atoms with van der Waals surface area (Å²) in [6.45, 7) is 4.82. The minimum absolute atomic E-state index is 0.0639. The van der Waals surface area contributed by atoms with Crippen LogP contribution in [-0.4, -0.2) is 73.4 Å². The standard InChI is InChI=1S/C60H119N2O6P/c1-6-8-10-12-14-16-18-19-20-21-22-23-24-25-26-27-28-29-30-31-32-33-34-35-36-37-38-39-40-41-42-43-44-46-48-50-52-54-60(64)61-58(57-68-69(65,66)67-56-55-62(3,4)5)59(63)53-51-49-47-45-17-15-13-11-9-7-2/h21-22,51,53,58-59,63H,6-20,23-50,52,54-57H2,1-5H3,(H-,61,64,65,66)/p+1/b22-21-,53-51+. The third kappa shape index (κ3) is 54.6. The third-order valence-electron chi connectivity index (χ3n) is 13.9. The van der Waals surface area contributed by atoms with Crippen LogP contribution in [-0.2, 0) is 18.4 Å². The molecular formula is C60H120N2O6P+. The van der Waals surface area contributed by atoms with Gasteiger partial charge in [-0.1, -0.05) is 276 Å². The predicted octanol–water partition coefficient (Wildman–Crippen LogP) is 18.4. The van der Waals surface area contributed by atoms with Crippen LogP contribution in [0.4, 0.5) is 0 Å². The molecule has 0 fully saturated rings. The molecule has 69 heavy (non-hydrogen) atoms. The number of rotatable bonds is 56. The highest BCUT2D eigenvalue weighted by atomic mass is 31.2. The first kappa shape index (κ1) is 68.0. The number of quaternary nitrogens is 1. The van der Waals surface area contributed by atoms with Gasteiger partial charge in [-0.2, -0.15) is 0 Å². The van der Waals surface area contributed by atoms with Gasteiger partial charge >= 0.3 is 7.82 Å². The fourth-order valence-electron chi connectivity index (χ4n) is 9.16. The maximum atomic E-state index is 12.9. The Balaban J connectivity index is 3.82. The van der Waals surface area contributed by atoms with Gasteiger partial charge in [0.15, 0.2) is 0 Å². The molecule has 0 heterocycles. The third-order valence-corrected chi connectivity index (χ3v) is 14.9. The molecule has 0 aliphatic heterocycles. The van der Waals surface area contributed by atoms with E-state index in [2.05, 4.69) is 31.3 Å². The second kappa shape index (κ2) is 51.9. The quantitative estimate of drug-likeness (QED) is 0.0243. The van der Waals surface area contributed by atoms with Gasteiger partial charge in [-0.3, -0.25) is 13.8 Å². The highest BCUT2D eigenvalue weighted by molar-refractivity contribution is 7.47. The molecule has 3 atom stereocenters. The van der Waals surface area contributed by atoms with Gasteiger partial charge in [-0.25, -0.2) is 4.57 Å². The van der Waals surface area contributed by atoms with E-state index in [0.717, 1.165) is 38.5 Å². The largest absolute Gasteiger partial charge is 0.472 e. The van der Waals surface area contributed by atoms with Crippen molar-refractivity contribution in [2.24, 2.45) is 0 Å². The molecule has 0 aliphatic rings. The predicted molar refractivity (Wildman–Crippen MR) is 300 cm³/mol. The van der Waals surface area contributed by atoms with Gasteiger partial charge in [0.2, 0.25) is 5.91 Å². The number of likely N-dealkylation sites (N-methyl/N-ethyl adjacent to an activating group) is 1. The average Bonchev–Trinajstić information content (AvgIpc) is 3.31. The molecule has 3 unspecified atom stereocenters. The first-order chi connectivity index (χ1) is 33.5. The smallest absolute Gasteiger partial charge is 0.387 e. The molecule has 3 N–H and O–H groups in total. The number of hydrogen-bond donors (Lipinski definition) is 3. The van der Waals surface area contributed by atoms with E-state index < -0.39 is 20.0 Å². The Labute approximate surface area is 430 Å². The Hall–Kier alpha value is -1.02. The maximum Gasteiger partial charge on any atom is 0.472 e. The highest BCUT2D eigenvalue weighted by Crippen LogP contribution is 2.43. The number of unbranched alkanes of at least 4 members (excludes halogenated alkanes) is 41. The Morgan fingerprint density at radius 3 is 1.12 bits per heavy atom. The van der Waals surface area contributed by atoms with Crippen molar-refractivity contribution in [3.8, 4) is 0 Å². The Morgan fingerprint density at radius 2 is 0.783 bits per heavy atom. The SMILES string of the molecule is CCCCCCCCCC/C=C\CCCCCCCCCCCCCCCCCCCCCCCCCCCC(=O)NC(COP(=O)(O)OCC[N+](C)(C)C)C(O)/C=C/CCCCCCCCCC. The lowest BCUT2D eigenvalue weighted by Crippen LogP contribution is -2.45. The van der Waals surface area contributed by atoms with Crippen LogP contribution in [0.1, 0.15) is 303 Å². The summed E-state index contributed by atoms with van der Waals surface area (Å²) in [5.41, 5.74) is 0. The molecule has 0 aliphatic carbocycles. The summed E-state index contributed by atoms with van der Waals surface area (Å²) in [5, 5.41) is 13.8. The number of carbonyl (C=O) groups is 1. The number of phosphoric acid groups is 1.